The first-order valence-corrected chi connectivity index (χ1v) is 9.44. The number of rotatable bonds is 5. The molecule has 25 heavy (non-hydrogen) atoms. The zero-order valence-electron chi connectivity index (χ0n) is 14.4. The molecule has 0 saturated carbocycles. The summed E-state index contributed by atoms with van der Waals surface area (Å²) in [5.41, 5.74) is 1.01. The largest absolute Gasteiger partial charge is 0.351 e. The van der Waals surface area contributed by atoms with Gasteiger partial charge >= 0.3 is 0 Å². The van der Waals surface area contributed by atoms with Gasteiger partial charge in [-0.3, -0.25) is 9.59 Å². The summed E-state index contributed by atoms with van der Waals surface area (Å²) >= 11 is 1.59. The van der Waals surface area contributed by atoms with Gasteiger partial charge in [-0.1, -0.05) is 30.3 Å². The fourth-order valence-corrected chi connectivity index (χ4v) is 3.84. The third kappa shape index (κ3) is 4.89. The summed E-state index contributed by atoms with van der Waals surface area (Å²) in [7, 11) is 0. The number of carbonyl (C=O) groups excluding carboxylic acids is 2. The molecule has 1 aromatic heterocycles. The highest BCUT2D eigenvalue weighted by Gasteiger charge is 2.28. The molecule has 132 valence electrons. The van der Waals surface area contributed by atoms with Crippen LogP contribution in [0.5, 0.6) is 0 Å². The Kier molecular flexibility index (Phi) is 5.81. The van der Waals surface area contributed by atoms with Crippen molar-refractivity contribution < 1.29 is 9.59 Å². The number of benzene rings is 1. The second-order valence-corrected chi connectivity index (χ2v) is 7.72. The average Bonchev–Trinajstić information content (AvgIpc) is 3.06. The van der Waals surface area contributed by atoms with Gasteiger partial charge in [0.05, 0.1) is 23.9 Å². The number of aryl methyl sites for hydroxylation is 1. The van der Waals surface area contributed by atoms with Gasteiger partial charge in [0.2, 0.25) is 11.8 Å². The minimum absolute atomic E-state index is 0.0308. The molecular weight excluding hydrogens is 334 g/mol. The van der Waals surface area contributed by atoms with Crippen molar-refractivity contribution in [1.29, 1.82) is 0 Å². The van der Waals surface area contributed by atoms with E-state index in [1.807, 2.05) is 42.2 Å². The zero-order chi connectivity index (χ0) is 17.6. The van der Waals surface area contributed by atoms with Crippen LogP contribution < -0.4 is 5.32 Å². The van der Waals surface area contributed by atoms with Crippen LogP contribution in [0, 0.1) is 12.8 Å². The molecule has 1 saturated heterocycles. The van der Waals surface area contributed by atoms with Gasteiger partial charge in [0.25, 0.3) is 0 Å². The normalized spacial score (nSPS) is 17.3. The summed E-state index contributed by atoms with van der Waals surface area (Å²) in [6, 6.07) is 9.75. The van der Waals surface area contributed by atoms with Crippen LogP contribution in [0.25, 0.3) is 0 Å². The van der Waals surface area contributed by atoms with Gasteiger partial charge in [-0.05, 0) is 25.3 Å². The van der Waals surface area contributed by atoms with Crippen LogP contribution in [-0.2, 0) is 22.6 Å². The highest BCUT2D eigenvalue weighted by molar-refractivity contribution is 7.11. The van der Waals surface area contributed by atoms with Crippen molar-refractivity contribution in [2.45, 2.75) is 32.7 Å². The highest BCUT2D eigenvalue weighted by Crippen LogP contribution is 2.18. The van der Waals surface area contributed by atoms with E-state index in [1.165, 1.54) is 0 Å². The van der Waals surface area contributed by atoms with E-state index < -0.39 is 0 Å². The third-order valence-corrected chi connectivity index (χ3v) is 5.36. The molecular formula is C19H23N3O2S. The van der Waals surface area contributed by atoms with Gasteiger partial charge in [-0.15, -0.1) is 11.3 Å². The second kappa shape index (κ2) is 8.25. The van der Waals surface area contributed by atoms with Crippen LogP contribution in [0.1, 0.15) is 28.3 Å². The van der Waals surface area contributed by atoms with Crippen molar-refractivity contribution >= 4 is 23.2 Å². The number of likely N-dealkylation sites (tertiary alicyclic amines) is 1. The number of aromatic nitrogens is 1. The summed E-state index contributed by atoms with van der Waals surface area (Å²) in [5, 5.41) is 3.98. The van der Waals surface area contributed by atoms with Crippen molar-refractivity contribution in [3.8, 4) is 0 Å². The summed E-state index contributed by atoms with van der Waals surface area (Å²) in [6.45, 7) is 3.72. The first kappa shape index (κ1) is 17.6. The number of nitrogens with zero attached hydrogens (tertiary/aromatic N) is 2. The van der Waals surface area contributed by atoms with Crippen molar-refractivity contribution in [2.24, 2.45) is 5.92 Å². The molecule has 3 rings (SSSR count). The number of piperidine rings is 1. The molecule has 5 nitrogen and oxygen atoms in total. The summed E-state index contributed by atoms with van der Waals surface area (Å²) in [5.74, 6) is 0.00698. The van der Waals surface area contributed by atoms with E-state index in [9.17, 15) is 9.59 Å². The summed E-state index contributed by atoms with van der Waals surface area (Å²) in [4.78, 5) is 32.0. The van der Waals surface area contributed by atoms with Crippen LogP contribution in [-0.4, -0.2) is 34.8 Å². The quantitative estimate of drug-likeness (QED) is 0.894. The smallest absolute Gasteiger partial charge is 0.227 e. The lowest BCUT2D eigenvalue weighted by atomic mass is 9.96. The Bertz CT molecular complexity index is 729. The number of hydrogen-bond acceptors (Lipinski definition) is 4. The Morgan fingerprint density at radius 2 is 2.12 bits per heavy atom. The SMILES string of the molecule is Cc1ncc(CNC(=O)C2CCCN(C(=O)Cc3ccccc3)C2)s1. The van der Waals surface area contributed by atoms with E-state index in [0.29, 0.717) is 19.5 Å². The van der Waals surface area contributed by atoms with Crippen molar-refractivity contribution in [2.75, 3.05) is 13.1 Å². The highest BCUT2D eigenvalue weighted by atomic mass is 32.1. The molecule has 1 aliphatic heterocycles. The number of carbonyl (C=O) groups is 2. The van der Waals surface area contributed by atoms with E-state index in [4.69, 9.17) is 0 Å². The molecule has 1 atom stereocenters. The Morgan fingerprint density at radius 3 is 2.84 bits per heavy atom. The molecule has 6 heteroatoms. The van der Waals surface area contributed by atoms with E-state index in [1.54, 1.807) is 17.5 Å². The monoisotopic (exact) mass is 357 g/mol. The van der Waals surface area contributed by atoms with Gasteiger partial charge in [-0.2, -0.15) is 0 Å². The van der Waals surface area contributed by atoms with E-state index >= 15 is 0 Å². The van der Waals surface area contributed by atoms with Gasteiger partial charge in [0.1, 0.15) is 0 Å². The molecule has 1 fully saturated rings. The molecule has 0 spiro atoms. The lowest BCUT2D eigenvalue weighted by Gasteiger charge is -2.32. The Balaban J connectivity index is 1.51. The first-order chi connectivity index (χ1) is 12.1. The predicted molar refractivity (Wildman–Crippen MR) is 98.1 cm³/mol. The lowest BCUT2D eigenvalue weighted by Crippen LogP contribution is -2.45. The second-order valence-electron chi connectivity index (χ2n) is 6.40. The fraction of sp³-hybridized carbons (Fsp3) is 0.421. The van der Waals surface area contributed by atoms with Gasteiger partial charge in [0, 0.05) is 24.2 Å². The number of amides is 2. The van der Waals surface area contributed by atoms with E-state index in [0.717, 1.165) is 34.8 Å². The molecule has 1 aliphatic rings. The van der Waals surface area contributed by atoms with Crippen LogP contribution >= 0.6 is 11.3 Å². The van der Waals surface area contributed by atoms with E-state index in [-0.39, 0.29) is 17.7 Å². The fourth-order valence-electron chi connectivity index (χ4n) is 3.11. The Hall–Kier alpha value is -2.21. The average molecular weight is 357 g/mol. The molecule has 0 aliphatic carbocycles. The molecule has 1 unspecified atom stereocenters. The molecule has 1 aromatic carbocycles. The van der Waals surface area contributed by atoms with Gasteiger partial charge in [0.15, 0.2) is 0 Å². The van der Waals surface area contributed by atoms with E-state index in [2.05, 4.69) is 10.3 Å². The van der Waals surface area contributed by atoms with Gasteiger partial charge < -0.3 is 10.2 Å². The van der Waals surface area contributed by atoms with Crippen LogP contribution in [0.4, 0.5) is 0 Å². The zero-order valence-corrected chi connectivity index (χ0v) is 15.2. The maximum atomic E-state index is 12.5. The topological polar surface area (TPSA) is 62.3 Å². The standard InChI is InChI=1S/C19H23N3O2S/c1-14-20-11-17(25-14)12-21-19(24)16-8-5-9-22(13-16)18(23)10-15-6-3-2-4-7-15/h2-4,6-7,11,16H,5,8-10,12-13H2,1H3,(H,21,24). The van der Waals surface area contributed by atoms with Crippen LogP contribution in [0.3, 0.4) is 0 Å². The van der Waals surface area contributed by atoms with Crippen molar-refractivity contribution in [3.63, 3.8) is 0 Å². The number of thiazole rings is 1. The first-order valence-electron chi connectivity index (χ1n) is 8.62. The molecule has 1 N–H and O–H groups in total. The predicted octanol–water partition coefficient (Wildman–Crippen LogP) is 2.55. The third-order valence-electron chi connectivity index (χ3n) is 4.45. The molecule has 2 amide bonds. The maximum Gasteiger partial charge on any atom is 0.227 e. The summed E-state index contributed by atoms with van der Waals surface area (Å²) in [6.07, 6.45) is 3.91. The summed E-state index contributed by atoms with van der Waals surface area (Å²) < 4.78 is 0. The Labute approximate surface area is 152 Å². The van der Waals surface area contributed by atoms with Crippen molar-refractivity contribution in [3.05, 3.63) is 52.0 Å². The number of nitrogens with one attached hydrogen (secondary N) is 1. The lowest BCUT2D eigenvalue weighted by molar-refractivity contribution is -0.135. The molecule has 2 aromatic rings. The van der Waals surface area contributed by atoms with Crippen LogP contribution in [0.2, 0.25) is 0 Å². The molecule has 2 heterocycles. The molecule has 0 bridgehead atoms. The Morgan fingerprint density at radius 1 is 1.32 bits per heavy atom. The van der Waals surface area contributed by atoms with Crippen LogP contribution in [0.15, 0.2) is 36.5 Å². The number of hydrogen-bond donors (Lipinski definition) is 1. The minimum atomic E-state index is -0.123. The maximum absolute atomic E-state index is 12.5. The molecule has 0 radical (unpaired) electrons. The van der Waals surface area contributed by atoms with Crippen molar-refractivity contribution in [1.82, 2.24) is 15.2 Å². The minimum Gasteiger partial charge on any atom is -0.351 e. The van der Waals surface area contributed by atoms with Gasteiger partial charge in [-0.25, -0.2) is 4.98 Å².